The van der Waals surface area contributed by atoms with Gasteiger partial charge in [0.25, 0.3) is 0 Å². The molecule has 3 fully saturated rings. The number of carbonyl (C=O) groups is 1. The molecule has 4 aliphatic carbocycles. The van der Waals surface area contributed by atoms with Crippen LogP contribution in [-0.4, -0.2) is 12.1 Å². The molecule has 0 aromatic heterocycles. The summed E-state index contributed by atoms with van der Waals surface area (Å²) in [5.41, 5.74) is 2.52. The van der Waals surface area contributed by atoms with Crippen LogP contribution < -0.4 is 0 Å². The van der Waals surface area contributed by atoms with Gasteiger partial charge in [-0.3, -0.25) is 4.79 Å². The van der Waals surface area contributed by atoms with Gasteiger partial charge in [0.15, 0.2) is 0 Å². The van der Waals surface area contributed by atoms with Crippen molar-refractivity contribution < 1.29 is 9.53 Å². The Morgan fingerprint density at radius 1 is 0.844 bits per heavy atom. The van der Waals surface area contributed by atoms with Gasteiger partial charge in [-0.15, -0.1) is 0 Å². The van der Waals surface area contributed by atoms with E-state index in [4.69, 9.17) is 4.74 Å². The molecule has 0 radical (unpaired) electrons. The van der Waals surface area contributed by atoms with Crippen molar-refractivity contribution in [2.75, 3.05) is 0 Å². The van der Waals surface area contributed by atoms with Crippen LogP contribution in [0.5, 0.6) is 0 Å². The number of carbonyl (C=O) groups excluding carboxylic acids is 1. The normalized spacial score (nSPS) is 33.5. The Morgan fingerprint density at radius 3 is 2.29 bits per heavy atom. The number of allylic oxidation sites excluding steroid dienone is 3. The van der Waals surface area contributed by atoms with Gasteiger partial charge in [-0.2, -0.15) is 0 Å². The van der Waals surface area contributed by atoms with Crippen molar-refractivity contribution in [3.63, 3.8) is 0 Å². The summed E-state index contributed by atoms with van der Waals surface area (Å²) in [5, 5.41) is 0. The topological polar surface area (TPSA) is 26.3 Å². The third-order valence-corrected chi connectivity index (χ3v) is 13.7. The van der Waals surface area contributed by atoms with E-state index >= 15 is 0 Å². The molecule has 0 heterocycles. The van der Waals surface area contributed by atoms with E-state index in [1.54, 1.807) is 5.57 Å². The van der Waals surface area contributed by atoms with Gasteiger partial charge in [0.2, 0.25) is 0 Å². The lowest BCUT2D eigenvalue weighted by Crippen LogP contribution is -2.51. The first-order valence-corrected chi connectivity index (χ1v) is 20.2. The third kappa shape index (κ3) is 9.75. The van der Waals surface area contributed by atoms with Crippen molar-refractivity contribution in [3.05, 3.63) is 23.8 Å². The molecule has 0 aromatic carbocycles. The molecular formula is C43H74O2. The molecule has 4 aliphatic rings. The molecule has 0 amide bonds. The van der Waals surface area contributed by atoms with Gasteiger partial charge in [0.1, 0.15) is 6.10 Å². The number of ether oxygens (including phenoxy) is 1. The second-order valence-electron chi connectivity index (χ2n) is 17.3. The molecule has 8 atom stereocenters. The van der Waals surface area contributed by atoms with E-state index in [9.17, 15) is 4.79 Å². The number of fused-ring (bicyclic) bond motifs is 5. The molecule has 0 unspecified atom stereocenters. The van der Waals surface area contributed by atoms with Crippen LogP contribution in [0.3, 0.4) is 0 Å². The zero-order chi connectivity index (χ0) is 32.3. The summed E-state index contributed by atoms with van der Waals surface area (Å²) in [4.78, 5) is 12.8. The highest BCUT2D eigenvalue weighted by Gasteiger charge is 2.59. The Hall–Kier alpha value is -1.05. The van der Waals surface area contributed by atoms with E-state index < -0.39 is 0 Å². The summed E-state index contributed by atoms with van der Waals surface area (Å²) in [6.07, 6.45) is 36.5. The van der Waals surface area contributed by atoms with Crippen molar-refractivity contribution >= 4 is 5.97 Å². The molecular weight excluding hydrogens is 548 g/mol. The zero-order valence-corrected chi connectivity index (χ0v) is 30.9. The van der Waals surface area contributed by atoms with Crippen LogP contribution in [0.15, 0.2) is 23.8 Å². The molecule has 0 N–H and O–H groups in total. The van der Waals surface area contributed by atoms with E-state index in [2.05, 4.69) is 59.8 Å². The fourth-order valence-electron chi connectivity index (χ4n) is 11.0. The lowest BCUT2D eigenvalue weighted by molar-refractivity contribution is -0.151. The lowest BCUT2D eigenvalue weighted by Gasteiger charge is -2.58. The average Bonchev–Trinajstić information content (AvgIpc) is 3.37. The summed E-state index contributed by atoms with van der Waals surface area (Å²) in [6, 6.07) is 0. The molecule has 0 bridgehead atoms. The first kappa shape index (κ1) is 36.8. The van der Waals surface area contributed by atoms with E-state index in [1.807, 2.05) is 0 Å². The highest BCUT2D eigenvalue weighted by atomic mass is 16.5. The largest absolute Gasteiger partial charge is 0.462 e. The molecule has 2 nitrogen and oxygen atoms in total. The van der Waals surface area contributed by atoms with Crippen molar-refractivity contribution in [1.82, 2.24) is 0 Å². The van der Waals surface area contributed by atoms with E-state index in [0.717, 1.165) is 67.6 Å². The van der Waals surface area contributed by atoms with Crippen molar-refractivity contribution in [2.24, 2.45) is 46.3 Å². The predicted octanol–water partition coefficient (Wildman–Crippen LogP) is 13.2. The lowest BCUT2D eigenvalue weighted by atomic mass is 9.47. The summed E-state index contributed by atoms with van der Waals surface area (Å²) >= 11 is 0. The summed E-state index contributed by atoms with van der Waals surface area (Å²) in [7, 11) is 0. The van der Waals surface area contributed by atoms with Gasteiger partial charge in [-0.25, -0.2) is 0 Å². The molecule has 258 valence electrons. The van der Waals surface area contributed by atoms with Crippen LogP contribution in [0, 0.1) is 46.3 Å². The van der Waals surface area contributed by atoms with Gasteiger partial charge in [-0.1, -0.05) is 123 Å². The Kier molecular flexibility index (Phi) is 14.6. The fourth-order valence-corrected chi connectivity index (χ4v) is 11.0. The molecule has 3 saturated carbocycles. The summed E-state index contributed by atoms with van der Waals surface area (Å²) in [6.45, 7) is 14.9. The van der Waals surface area contributed by atoms with Crippen LogP contribution in [0.4, 0.5) is 0 Å². The van der Waals surface area contributed by atoms with Crippen LogP contribution in [0.1, 0.15) is 189 Å². The van der Waals surface area contributed by atoms with Crippen LogP contribution in [0.25, 0.3) is 0 Å². The molecule has 45 heavy (non-hydrogen) atoms. The number of unbranched alkanes of at least 4 members (excludes halogenated alkanes) is 9. The highest BCUT2D eigenvalue weighted by Crippen LogP contribution is 2.67. The minimum Gasteiger partial charge on any atom is -0.462 e. The predicted molar refractivity (Wildman–Crippen MR) is 193 cm³/mol. The average molecular weight is 623 g/mol. The molecule has 0 spiro atoms. The maximum absolute atomic E-state index is 12.8. The SMILES string of the molecule is CCCCCCCCC=CCCCCCC(=O)O[C@H]1CC[C@@]2(C)C(=CC[C@H]3[C@@H]4CC[C@H]([C@H](C)CCCC(C)C)[C@@]4(C)CC[C@@H]32)C1. The van der Waals surface area contributed by atoms with E-state index in [0.29, 0.717) is 17.3 Å². The van der Waals surface area contributed by atoms with Gasteiger partial charge >= 0.3 is 5.97 Å². The monoisotopic (exact) mass is 623 g/mol. The summed E-state index contributed by atoms with van der Waals surface area (Å²) in [5.74, 6) is 5.30. The van der Waals surface area contributed by atoms with Crippen molar-refractivity contribution in [2.45, 2.75) is 195 Å². The molecule has 4 rings (SSSR count). The second kappa shape index (κ2) is 17.9. The third-order valence-electron chi connectivity index (χ3n) is 13.7. The summed E-state index contributed by atoms with van der Waals surface area (Å²) < 4.78 is 6.11. The minimum atomic E-state index is 0.0458. The number of hydrogen-bond acceptors (Lipinski definition) is 2. The maximum atomic E-state index is 12.8. The smallest absolute Gasteiger partial charge is 0.306 e. The Balaban J connectivity index is 1.16. The Morgan fingerprint density at radius 2 is 1.56 bits per heavy atom. The van der Waals surface area contributed by atoms with Crippen molar-refractivity contribution in [1.29, 1.82) is 0 Å². The first-order chi connectivity index (χ1) is 21.7. The second-order valence-corrected chi connectivity index (χ2v) is 17.3. The quantitative estimate of drug-likeness (QED) is 0.0814. The number of esters is 1. The van der Waals surface area contributed by atoms with E-state index in [1.165, 1.54) is 109 Å². The Bertz CT molecular complexity index is 945. The van der Waals surface area contributed by atoms with Crippen LogP contribution in [-0.2, 0) is 9.53 Å². The van der Waals surface area contributed by atoms with Crippen LogP contribution >= 0.6 is 0 Å². The van der Waals surface area contributed by atoms with Gasteiger partial charge < -0.3 is 4.74 Å². The van der Waals surface area contributed by atoms with Gasteiger partial charge in [-0.05, 0) is 123 Å². The van der Waals surface area contributed by atoms with Crippen LogP contribution in [0.2, 0.25) is 0 Å². The fraction of sp³-hybridized carbons (Fsp3) is 0.884. The number of hydrogen-bond donors (Lipinski definition) is 0. The first-order valence-electron chi connectivity index (χ1n) is 20.2. The standard InChI is InChI=1S/C43H74O2/c1-7-8-9-10-11-12-13-14-15-16-17-18-19-23-41(44)45-36-28-30-42(5)35(32-36)24-25-37-39-27-26-38(34(4)22-20-21-33(2)3)43(39,6)31-29-40(37)42/h14-15,24,33-34,36-40H,7-13,16-23,25-32H2,1-6H3/t34-,36+,37+,38-,39+,40+,42+,43-/m1/s1. The van der Waals surface area contributed by atoms with Gasteiger partial charge in [0.05, 0.1) is 0 Å². The molecule has 0 saturated heterocycles. The maximum Gasteiger partial charge on any atom is 0.306 e. The minimum absolute atomic E-state index is 0.0458. The van der Waals surface area contributed by atoms with E-state index in [-0.39, 0.29) is 12.1 Å². The zero-order valence-electron chi connectivity index (χ0n) is 30.9. The Labute approximate surface area is 280 Å². The van der Waals surface area contributed by atoms with Gasteiger partial charge in [0, 0.05) is 12.8 Å². The van der Waals surface area contributed by atoms with Crippen molar-refractivity contribution in [3.8, 4) is 0 Å². The molecule has 0 aliphatic heterocycles. The highest BCUT2D eigenvalue weighted by molar-refractivity contribution is 5.69. The molecule has 2 heteroatoms. The number of rotatable bonds is 19. The molecule has 0 aromatic rings.